The number of amides is 3. The molecule has 1 aromatic carbocycles. The maximum atomic E-state index is 13.2. The number of carbonyl (C=O) groups is 3. The van der Waals surface area contributed by atoms with Crippen LogP contribution < -0.4 is 5.32 Å². The van der Waals surface area contributed by atoms with Crippen molar-refractivity contribution in [1.29, 1.82) is 0 Å². The van der Waals surface area contributed by atoms with Crippen molar-refractivity contribution in [2.24, 2.45) is 0 Å². The van der Waals surface area contributed by atoms with E-state index < -0.39 is 6.04 Å². The van der Waals surface area contributed by atoms with Crippen molar-refractivity contribution in [2.45, 2.75) is 25.3 Å². The Morgan fingerprint density at radius 1 is 1.12 bits per heavy atom. The molecule has 1 N–H and O–H groups in total. The Morgan fingerprint density at radius 2 is 1.88 bits per heavy atom. The van der Waals surface area contributed by atoms with E-state index in [2.05, 4.69) is 5.32 Å². The van der Waals surface area contributed by atoms with Crippen molar-refractivity contribution < 1.29 is 19.1 Å². The van der Waals surface area contributed by atoms with Gasteiger partial charge in [0.1, 0.15) is 6.04 Å². The summed E-state index contributed by atoms with van der Waals surface area (Å²) in [5, 5.41) is 3.64. The van der Waals surface area contributed by atoms with Crippen molar-refractivity contribution in [3.8, 4) is 0 Å². The van der Waals surface area contributed by atoms with Gasteiger partial charge in [0.15, 0.2) is 0 Å². The third kappa shape index (κ3) is 6.34. The topological polar surface area (TPSA) is 82.2 Å². The minimum Gasteiger partial charge on any atom is -0.385 e. The van der Waals surface area contributed by atoms with Crippen molar-refractivity contribution >= 4 is 40.9 Å². The molecule has 1 aromatic rings. The van der Waals surface area contributed by atoms with Gasteiger partial charge in [-0.1, -0.05) is 23.2 Å². The predicted octanol–water partition coefficient (Wildman–Crippen LogP) is 1.89. The number of nitrogens with one attached hydrogen (secondary N) is 1. The summed E-state index contributed by atoms with van der Waals surface area (Å²) < 4.78 is 4.97. The molecule has 0 aromatic heterocycles. The number of carbonyl (C=O) groups excluding carboxylic acids is 3. The zero-order chi connectivity index (χ0) is 23.1. The van der Waals surface area contributed by atoms with Gasteiger partial charge in [0.05, 0.1) is 17.1 Å². The average Bonchev–Trinajstić information content (AvgIpc) is 3.28. The monoisotopic (exact) mass is 484 g/mol. The fraction of sp³-hybridized carbons (Fsp3) is 0.591. The van der Waals surface area contributed by atoms with Gasteiger partial charge in [-0.25, -0.2) is 0 Å². The normalized spacial score (nSPS) is 19.3. The number of rotatable bonds is 8. The summed E-state index contributed by atoms with van der Waals surface area (Å²) in [6, 6.07) is 4.28. The average molecular weight is 485 g/mol. The Labute approximate surface area is 198 Å². The Hall–Kier alpha value is -1.87. The van der Waals surface area contributed by atoms with Gasteiger partial charge in [-0.3, -0.25) is 19.3 Å². The number of likely N-dealkylation sites (tertiary alicyclic amines) is 1. The summed E-state index contributed by atoms with van der Waals surface area (Å²) in [7, 11) is 1.63. The molecule has 0 aliphatic carbocycles. The molecule has 0 spiro atoms. The first kappa shape index (κ1) is 24.8. The van der Waals surface area contributed by atoms with Crippen LogP contribution in [-0.2, 0) is 14.3 Å². The molecule has 0 radical (unpaired) electrons. The molecule has 8 nitrogen and oxygen atoms in total. The first-order valence-corrected chi connectivity index (χ1v) is 11.7. The van der Waals surface area contributed by atoms with Crippen molar-refractivity contribution in [2.75, 3.05) is 59.5 Å². The maximum absolute atomic E-state index is 13.2. The Bertz CT molecular complexity index is 830. The molecule has 0 saturated carbocycles. The number of hydrogen-bond donors (Lipinski definition) is 1. The largest absolute Gasteiger partial charge is 0.385 e. The molecule has 2 aliphatic rings. The molecule has 2 fully saturated rings. The van der Waals surface area contributed by atoms with Gasteiger partial charge in [0.25, 0.3) is 5.91 Å². The fourth-order valence-electron chi connectivity index (χ4n) is 4.12. The molecule has 176 valence electrons. The molecule has 2 aliphatic heterocycles. The lowest BCUT2D eigenvalue weighted by Crippen LogP contribution is -2.55. The highest BCUT2D eigenvalue weighted by Crippen LogP contribution is 2.27. The predicted molar refractivity (Wildman–Crippen MR) is 123 cm³/mol. The highest BCUT2D eigenvalue weighted by atomic mass is 35.5. The fourth-order valence-corrected chi connectivity index (χ4v) is 4.49. The first-order valence-electron chi connectivity index (χ1n) is 10.9. The SMILES string of the molecule is COCCCNC(=O)CN1CCN(C(=O)C2CCCN2C(=O)c2cc(Cl)ccc2Cl)CC1. The molecule has 1 unspecified atom stereocenters. The van der Waals surface area contributed by atoms with Crippen molar-refractivity contribution in [3.05, 3.63) is 33.8 Å². The third-order valence-electron chi connectivity index (χ3n) is 5.86. The van der Waals surface area contributed by atoms with E-state index in [-0.39, 0.29) is 17.7 Å². The van der Waals surface area contributed by atoms with E-state index in [1.54, 1.807) is 35.1 Å². The lowest BCUT2D eigenvalue weighted by molar-refractivity contribution is -0.137. The standard InChI is InChI=1S/C22H30Cl2N4O4/c1-32-13-3-7-25-20(29)15-26-9-11-27(12-10-26)22(31)19-4-2-8-28(19)21(30)17-14-16(23)5-6-18(17)24/h5-6,14,19H,2-4,7-13,15H2,1H3,(H,25,29). The van der Waals surface area contributed by atoms with E-state index in [0.29, 0.717) is 74.4 Å². The summed E-state index contributed by atoms with van der Waals surface area (Å²) in [6.07, 6.45) is 2.18. The van der Waals surface area contributed by atoms with Gasteiger partial charge in [-0.05, 0) is 37.5 Å². The van der Waals surface area contributed by atoms with Crippen LogP contribution in [0.25, 0.3) is 0 Å². The van der Waals surface area contributed by atoms with Crippen LogP contribution in [0.4, 0.5) is 0 Å². The number of halogens is 2. The zero-order valence-corrected chi connectivity index (χ0v) is 19.8. The minimum absolute atomic E-state index is 0.0214. The molecule has 2 heterocycles. The van der Waals surface area contributed by atoms with Crippen LogP contribution in [0.2, 0.25) is 10.0 Å². The Balaban J connectivity index is 1.51. The molecule has 10 heteroatoms. The van der Waals surface area contributed by atoms with Crippen molar-refractivity contribution in [1.82, 2.24) is 20.0 Å². The Morgan fingerprint density at radius 3 is 2.59 bits per heavy atom. The molecule has 3 rings (SSSR count). The summed E-state index contributed by atoms with van der Waals surface area (Å²) >= 11 is 12.2. The van der Waals surface area contributed by atoms with Gasteiger partial charge in [0.2, 0.25) is 11.8 Å². The lowest BCUT2D eigenvalue weighted by atomic mass is 10.1. The van der Waals surface area contributed by atoms with Gasteiger partial charge in [0, 0.05) is 58.0 Å². The van der Waals surface area contributed by atoms with Crippen LogP contribution in [-0.4, -0.2) is 98.0 Å². The summed E-state index contributed by atoms with van der Waals surface area (Å²) in [5.41, 5.74) is 0.320. The van der Waals surface area contributed by atoms with Gasteiger partial charge in [-0.15, -0.1) is 0 Å². The molecule has 1 atom stereocenters. The molecule has 32 heavy (non-hydrogen) atoms. The molecular weight excluding hydrogens is 455 g/mol. The van der Waals surface area contributed by atoms with Crippen LogP contribution in [0.3, 0.4) is 0 Å². The Kier molecular flexibility index (Phi) is 9.16. The highest BCUT2D eigenvalue weighted by molar-refractivity contribution is 6.35. The number of benzene rings is 1. The quantitative estimate of drug-likeness (QED) is 0.569. The van der Waals surface area contributed by atoms with Gasteiger partial charge < -0.3 is 19.9 Å². The number of methoxy groups -OCH3 is 1. The molecular formula is C22H30Cl2N4O4. The maximum Gasteiger partial charge on any atom is 0.256 e. The number of nitrogens with zero attached hydrogens (tertiary/aromatic N) is 3. The van der Waals surface area contributed by atoms with Crippen molar-refractivity contribution in [3.63, 3.8) is 0 Å². The van der Waals surface area contributed by atoms with E-state index >= 15 is 0 Å². The van der Waals surface area contributed by atoms with Gasteiger partial charge in [-0.2, -0.15) is 0 Å². The van der Waals surface area contributed by atoms with E-state index in [9.17, 15) is 14.4 Å². The summed E-state index contributed by atoms with van der Waals surface area (Å²) in [6.45, 7) is 4.35. The first-order chi connectivity index (χ1) is 15.4. The number of hydrogen-bond acceptors (Lipinski definition) is 5. The molecule has 0 bridgehead atoms. The third-order valence-corrected chi connectivity index (χ3v) is 6.42. The highest BCUT2D eigenvalue weighted by Gasteiger charge is 2.38. The smallest absolute Gasteiger partial charge is 0.256 e. The second kappa shape index (κ2) is 11.8. The van der Waals surface area contributed by atoms with E-state index in [0.717, 1.165) is 12.8 Å². The second-order valence-corrected chi connectivity index (χ2v) is 8.92. The van der Waals surface area contributed by atoms with E-state index in [1.165, 1.54) is 0 Å². The number of piperazine rings is 1. The second-order valence-electron chi connectivity index (χ2n) is 8.08. The van der Waals surface area contributed by atoms with E-state index in [1.807, 2.05) is 4.90 Å². The molecule has 3 amide bonds. The van der Waals surface area contributed by atoms with Crippen LogP contribution in [0, 0.1) is 0 Å². The van der Waals surface area contributed by atoms with E-state index in [4.69, 9.17) is 27.9 Å². The van der Waals surface area contributed by atoms with Gasteiger partial charge >= 0.3 is 0 Å². The summed E-state index contributed by atoms with van der Waals surface area (Å²) in [4.78, 5) is 43.8. The van der Waals surface area contributed by atoms with Crippen LogP contribution >= 0.6 is 23.2 Å². The number of ether oxygens (including phenoxy) is 1. The molecule has 2 saturated heterocycles. The van der Waals surface area contributed by atoms with Crippen LogP contribution in [0.5, 0.6) is 0 Å². The zero-order valence-electron chi connectivity index (χ0n) is 18.3. The lowest BCUT2D eigenvalue weighted by Gasteiger charge is -2.37. The minimum atomic E-state index is -0.492. The summed E-state index contributed by atoms with van der Waals surface area (Å²) in [5.74, 6) is -0.332. The van der Waals surface area contributed by atoms with Crippen LogP contribution in [0.1, 0.15) is 29.6 Å². The van der Waals surface area contributed by atoms with Crippen LogP contribution in [0.15, 0.2) is 18.2 Å².